The SMILES string of the molecule is O=C(N[C@H]1CCCC[C@@H]1O)c1ccccc1I. The van der Waals surface area contributed by atoms with Gasteiger partial charge >= 0.3 is 0 Å². The molecule has 3 nitrogen and oxygen atoms in total. The topological polar surface area (TPSA) is 49.3 Å². The van der Waals surface area contributed by atoms with Crippen LogP contribution in [0.2, 0.25) is 0 Å². The molecule has 1 aliphatic rings. The second-order valence-electron chi connectivity index (χ2n) is 4.41. The summed E-state index contributed by atoms with van der Waals surface area (Å²) >= 11 is 2.15. The Morgan fingerprint density at radius 3 is 2.71 bits per heavy atom. The predicted molar refractivity (Wildman–Crippen MR) is 74.9 cm³/mol. The van der Waals surface area contributed by atoms with E-state index in [2.05, 4.69) is 27.9 Å². The molecule has 1 saturated carbocycles. The number of aliphatic hydroxyl groups excluding tert-OH is 1. The zero-order valence-electron chi connectivity index (χ0n) is 9.53. The lowest BCUT2D eigenvalue weighted by atomic mass is 9.92. The first kappa shape index (κ1) is 12.8. The maximum Gasteiger partial charge on any atom is 0.252 e. The number of aliphatic hydroxyl groups is 1. The molecule has 1 aromatic rings. The second kappa shape index (κ2) is 5.82. The molecule has 0 bridgehead atoms. The van der Waals surface area contributed by atoms with E-state index in [1.54, 1.807) is 0 Å². The largest absolute Gasteiger partial charge is 0.391 e. The van der Waals surface area contributed by atoms with Crippen molar-refractivity contribution in [1.82, 2.24) is 5.32 Å². The van der Waals surface area contributed by atoms with Gasteiger partial charge in [0.15, 0.2) is 0 Å². The zero-order chi connectivity index (χ0) is 12.3. The number of hydrogen-bond acceptors (Lipinski definition) is 2. The molecule has 0 spiro atoms. The van der Waals surface area contributed by atoms with Gasteiger partial charge in [-0.25, -0.2) is 0 Å². The van der Waals surface area contributed by atoms with Crippen molar-refractivity contribution in [3.8, 4) is 0 Å². The van der Waals surface area contributed by atoms with Gasteiger partial charge < -0.3 is 10.4 Å². The van der Waals surface area contributed by atoms with Crippen LogP contribution in [0.4, 0.5) is 0 Å². The van der Waals surface area contributed by atoms with Gasteiger partial charge in [0.05, 0.1) is 17.7 Å². The molecule has 1 aromatic carbocycles. The Morgan fingerprint density at radius 1 is 1.29 bits per heavy atom. The molecule has 17 heavy (non-hydrogen) atoms. The molecule has 2 rings (SSSR count). The predicted octanol–water partition coefficient (Wildman–Crippen LogP) is 2.32. The Morgan fingerprint density at radius 2 is 2.00 bits per heavy atom. The first-order chi connectivity index (χ1) is 8.18. The third-order valence-corrected chi connectivity index (χ3v) is 4.11. The number of rotatable bonds is 2. The quantitative estimate of drug-likeness (QED) is 0.809. The first-order valence-corrected chi connectivity index (χ1v) is 7.00. The van der Waals surface area contributed by atoms with Crippen LogP contribution in [0, 0.1) is 3.57 Å². The van der Waals surface area contributed by atoms with Crippen LogP contribution in [0.25, 0.3) is 0 Å². The highest BCUT2D eigenvalue weighted by Crippen LogP contribution is 2.19. The molecule has 0 aliphatic heterocycles. The van der Waals surface area contributed by atoms with Crippen LogP contribution in [-0.4, -0.2) is 23.2 Å². The van der Waals surface area contributed by atoms with Gasteiger partial charge in [0.1, 0.15) is 0 Å². The Bertz CT molecular complexity index is 408. The van der Waals surface area contributed by atoms with E-state index in [9.17, 15) is 9.90 Å². The molecule has 2 N–H and O–H groups in total. The summed E-state index contributed by atoms with van der Waals surface area (Å²) in [6.45, 7) is 0. The number of carbonyl (C=O) groups excluding carboxylic acids is 1. The summed E-state index contributed by atoms with van der Waals surface area (Å²) in [4.78, 5) is 12.1. The number of halogens is 1. The van der Waals surface area contributed by atoms with Crippen molar-refractivity contribution in [2.45, 2.75) is 37.8 Å². The summed E-state index contributed by atoms with van der Waals surface area (Å²) in [5.74, 6) is -0.0825. The van der Waals surface area contributed by atoms with E-state index in [-0.39, 0.29) is 11.9 Å². The van der Waals surface area contributed by atoms with Gasteiger partial charge in [-0.3, -0.25) is 4.79 Å². The van der Waals surface area contributed by atoms with Gasteiger partial charge in [-0.2, -0.15) is 0 Å². The number of amides is 1. The highest BCUT2D eigenvalue weighted by molar-refractivity contribution is 14.1. The average molecular weight is 345 g/mol. The smallest absolute Gasteiger partial charge is 0.252 e. The molecule has 4 heteroatoms. The number of hydrogen-bond donors (Lipinski definition) is 2. The van der Waals surface area contributed by atoms with E-state index in [1.165, 1.54) is 0 Å². The molecule has 1 aliphatic carbocycles. The molecule has 0 aromatic heterocycles. The van der Waals surface area contributed by atoms with Crippen molar-refractivity contribution in [1.29, 1.82) is 0 Å². The van der Waals surface area contributed by atoms with Crippen molar-refractivity contribution in [2.24, 2.45) is 0 Å². The summed E-state index contributed by atoms with van der Waals surface area (Å²) in [7, 11) is 0. The van der Waals surface area contributed by atoms with Crippen LogP contribution in [-0.2, 0) is 0 Å². The maximum absolute atomic E-state index is 12.1. The average Bonchev–Trinajstić information content (AvgIpc) is 2.32. The Hall–Kier alpha value is -0.620. The molecular weight excluding hydrogens is 329 g/mol. The van der Waals surface area contributed by atoms with Crippen molar-refractivity contribution in [3.05, 3.63) is 33.4 Å². The van der Waals surface area contributed by atoms with Crippen LogP contribution < -0.4 is 5.32 Å². The first-order valence-electron chi connectivity index (χ1n) is 5.92. The molecule has 1 fully saturated rings. The molecule has 0 radical (unpaired) electrons. The van der Waals surface area contributed by atoms with Crippen molar-refractivity contribution >= 4 is 28.5 Å². The summed E-state index contributed by atoms with van der Waals surface area (Å²) in [6.07, 6.45) is 3.39. The Labute approximate surface area is 115 Å². The summed E-state index contributed by atoms with van der Waals surface area (Å²) in [5.41, 5.74) is 0.686. The third-order valence-electron chi connectivity index (χ3n) is 3.16. The normalized spacial score (nSPS) is 24.4. The highest BCUT2D eigenvalue weighted by Gasteiger charge is 2.25. The van der Waals surface area contributed by atoms with Gasteiger partial charge in [-0.15, -0.1) is 0 Å². The lowest BCUT2D eigenvalue weighted by Gasteiger charge is -2.28. The molecule has 0 saturated heterocycles. The number of carbonyl (C=O) groups is 1. The summed E-state index contributed by atoms with van der Waals surface area (Å²) in [6, 6.07) is 7.40. The minimum Gasteiger partial charge on any atom is -0.391 e. The van der Waals surface area contributed by atoms with Crippen LogP contribution >= 0.6 is 22.6 Å². The van der Waals surface area contributed by atoms with Gasteiger partial charge in [0, 0.05) is 3.57 Å². The van der Waals surface area contributed by atoms with Crippen LogP contribution in [0.15, 0.2) is 24.3 Å². The minimum absolute atomic E-state index is 0.0825. The van der Waals surface area contributed by atoms with Gasteiger partial charge in [0.2, 0.25) is 0 Å². The van der Waals surface area contributed by atoms with Crippen LogP contribution in [0.3, 0.4) is 0 Å². The fraction of sp³-hybridized carbons (Fsp3) is 0.462. The van der Waals surface area contributed by atoms with E-state index in [1.807, 2.05) is 24.3 Å². The third kappa shape index (κ3) is 3.19. The van der Waals surface area contributed by atoms with E-state index in [0.717, 1.165) is 29.3 Å². The van der Waals surface area contributed by atoms with Gasteiger partial charge in [-0.05, 0) is 47.6 Å². The van der Waals surface area contributed by atoms with Gasteiger partial charge in [0.25, 0.3) is 5.91 Å². The molecule has 0 heterocycles. The monoisotopic (exact) mass is 345 g/mol. The fourth-order valence-corrected chi connectivity index (χ4v) is 2.80. The molecule has 92 valence electrons. The summed E-state index contributed by atoms with van der Waals surface area (Å²) in [5, 5.41) is 12.7. The van der Waals surface area contributed by atoms with E-state index >= 15 is 0 Å². The van der Waals surface area contributed by atoms with Crippen molar-refractivity contribution in [2.75, 3.05) is 0 Å². The fourth-order valence-electron chi connectivity index (χ4n) is 2.17. The van der Waals surface area contributed by atoms with E-state index in [0.29, 0.717) is 5.56 Å². The van der Waals surface area contributed by atoms with Crippen molar-refractivity contribution < 1.29 is 9.90 Å². The lowest BCUT2D eigenvalue weighted by Crippen LogP contribution is -2.45. The number of benzene rings is 1. The molecule has 1 amide bonds. The molecular formula is C13H16INO2. The lowest BCUT2D eigenvalue weighted by molar-refractivity contribution is 0.0716. The Kier molecular flexibility index (Phi) is 4.39. The van der Waals surface area contributed by atoms with Gasteiger partial charge in [-0.1, -0.05) is 25.0 Å². The van der Waals surface area contributed by atoms with E-state index in [4.69, 9.17) is 0 Å². The molecule has 0 unspecified atom stereocenters. The standard InChI is InChI=1S/C13H16INO2/c14-10-6-2-1-5-9(10)13(17)15-11-7-3-4-8-12(11)16/h1-2,5-6,11-12,16H,3-4,7-8H2,(H,15,17)/t11-,12-/m0/s1. The van der Waals surface area contributed by atoms with Crippen LogP contribution in [0.5, 0.6) is 0 Å². The second-order valence-corrected chi connectivity index (χ2v) is 5.57. The number of nitrogens with one attached hydrogen (secondary N) is 1. The molecule has 2 atom stereocenters. The minimum atomic E-state index is -0.394. The van der Waals surface area contributed by atoms with Crippen LogP contribution in [0.1, 0.15) is 36.0 Å². The zero-order valence-corrected chi connectivity index (χ0v) is 11.7. The maximum atomic E-state index is 12.1. The van der Waals surface area contributed by atoms with E-state index < -0.39 is 6.10 Å². The van der Waals surface area contributed by atoms with Crippen molar-refractivity contribution in [3.63, 3.8) is 0 Å². The summed E-state index contributed by atoms with van der Waals surface area (Å²) < 4.78 is 0.938. The highest BCUT2D eigenvalue weighted by atomic mass is 127. The Balaban J connectivity index is 2.04.